The summed E-state index contributed by atoms with van der Waals surface area (Å²) in [6.07, 6.45) is 1.97. The third kappa shape index (κ3) is 6.80. The molecule has 0 fully saturated rings. The molecule has 156 valence electrons. The van der Waals surface area contributed by atoms with Gasteiger partial charge < -0.3 is 14.2 Å². The van der Waals surface area contributed by atoms with Gasteiger partial charge in [0.25, 0.3) is 0 Å². The molecule has 0 bridgehead atoms. The summed E-state index contributed by atoms with van der Waals surface area (Å²) in [7, 11) is 1.33. The first-order valence-electron chi connectivity index (χ1n) is 9.91. The smallest absolute Gasteiger partial charge is 0.343 e. The van der Waals surface area contributed by atoms with E-state index in [9.17, 15) is 4.79 Å². The fourth-order valence-corrected chi connectivity index (χ4v) is 2.81. The van der Waals surface area contributed by atoms with Crippen LogP contribution in [0.1, 0.15) is 16.7 Å². The van der Waals surface area contributed by atoms with Crippen molar-refractivity contribution in [2.24, 2.45) is 0 Å². The monoisotopic (exact) mass is 412 g/mol. The highest BCUT2D eigenvalue weighted by Crippen LogP contribution is 2.24. The predicted molar refractivity (Wildman–Crippen MR) is 122 cm³/mol. The molecule has 0 aliphatic heterocycles. The van der Waals surface area contributed by atoms with Crippen LogP contribution in [0, 0.1) is 18.8 Å². The number of allylic oxidation sites excluding steroid dienone is 1. The van der Waals surface area contributed by atoms with Gasteiger partial charge in [0, 0.05) is 11.1 Å². The van der Waals surface area contributed by atoms with E-state index in [-0.39, 0.29) is 6.61 Å². The molecule has 0 saturated heterocycles. The van der Waals surface area contributed by atoms with Crippen LogP contribution in [0.5, 0.6) is 11.5 Å². The Labute approximate surface area is 183 Å². The minimum Gasteiger partial charge on any atom is -0.489 e. The summed E-state index contributed by atoms with van der Waals surface area (Å²) in [4.78, 5) is 11.2. The van der Waals surface area contributed by atoms with E-state index >= 15 is 0 Å². The first kappa shape index (κ1) is 21.7. The second-order valence-electron chi connectivity index (χ2n) is 6.70. The van der Waals surface area contributed by atoms with Crippen LogP contribution in [-0.4, -0.2) is 26.3 Å². The van der Waals surface area contributed by atoms with Gasteiger partial charge in [-0.3, -0.25) is 0 Å². The van der Waals surface area contributed by atoms with Crippen molar-refractivity contribution in [2.45, 2.75) is 6.92 Å². The molecule has 0 amide bonds. The summed E-state index contributed by atoms with van der Waals surface area (Å²) in [5.41, 5.74) is 3.78. The van der Waals surface area contributed by atoms with Crippen LogP contribution in [0.4, 0.5) is 0 Å². The SMILES string of the molecule is COC(=O)COc1ccc(OC/C=C(\C#Cc2ccccc2)c2ccccc2)cc1C. The van der Waals surface area contributed by atoms with E-state index in [1.807, 2.05) is 85.8 Å². The quantitative estimate of drug-likeness (QED) is 0.402. The number of methoxy groups -OCH3 is 1. The summed E-state index contributed by atoms with van der Waals surface area (Å²) < 4.78 is 15.9. The lowest BCUT2D eigenvalue weighted by molar-refractivity contribution is -0.142. The molecule has 3 rings (SSSR count). The lowest BCUT2D eigenvalue weighted by atomic mass is 10.1. The molecule has 3 aromatic rings. The number of carbonyl (C=O) groups excluding carboxylic acids is 1. The third-order valence-electron chi connectivity index (χ3n) is 4.46. The highest BCUT2D eigenvalue weighted by Gasteiger charge is 2.06. The number of rotatable bonds is 7. The number of hydrogen-bond donors (Lipinski definition) is 0. The first-order valence-corrected chi connectivity index (χ1v) is 9.91. The molecule has 4 nitrogen and oxygen atoms in total. The Morgan fingerprint density at radius 1 is 0.935 bits per heavy atom. The standard InChI is InChI=1S/C27H24O4/c1-21-19-25(15-16-26(21)31-20-27(28)29-2)30-18-17-24(23-11-7-4-8-12-23)14-13-22-9-5-3-6-10-22/h3-12,15-17,19H,18,20H2,1-2H3/b24-17+. The fraction of sp³-hybridized carbons (Fsp3) is 0.148. The average molecular weight is 412 g/mol. The minimum atomic E-state index is -0.421. The topological polar surface area (TPSA) is 44.8 Å². The molecule has 0 radical (unpaired) electrons. The summed E-state index contributed by atoms with van der Waals surface area (Å²) in [5, 5.41) is 0. The van der Waals surface area contributed by atoms with E-state index in [0.29, 0.717) is 18.1 Å². The van der Waals surface area contributed by atoms with Crippen molar-refractivity contribution in [1.29, 1.82) is 0 Å². The number of benzene rings is 3. The molecule has 4 heteroatoms. The van der Waals surface area contributed by atoms with E-state index in [1.54, 1.807) is 6.07 Å². The van der Waals surface area contributed by atoms with Crippen molar-refractivity contribution < 1.29 is 19.0 Å². The highest BCUT2D eigenvalue weighted by molar-refractivity contribution is 5.79. The van der Waals surface area contributed by atoms with Gasteiger partial charge in [-0.2, -0.15) is 0 Å². The van der Waals surface area contributed by atoms with Crippen LogP contribution < -0.4 is 9.47 Å². The minimum absolute atomic E-state index is 0.124. The van der Waals surface area contributed by atoms with Gasteiger partial charge in [0.2, 0.25) is 0 Å². The molecule has 0 heterocycles. The summed E-state index contributed by atoms with van der Waals surface area (Å²) in [6, 6.07) is 25.4. The van der Waals surface area contributed by atoms with Gasteiger partial charge in [-0.25, -0.2) is 4.79 Å². The molecule has 0 saturated carbocycles. The van der Waals surface area contributed by atoms with Crippen LogP contribution in [0.25, 0.3) is 5.57 Å². The Bertz CT molecular complexity index is 1090. The zero-order valence-corrected chi connectivity index (χ0v) is 17.6. The van der Waals surface area contributed by atoms with E-state index in [0.717, 1.165) is 22.3 Å². The van der Waals surface area contributed by atoms with E-state index < -0.39 is 5.97 Å². The van der Waals surface area contributed by atoms with Crippen LogP contribution in [0.15, 0.2) is 84.9 Å². The summed E-state index contributed by atoms with van der Waals surface area (Å²) in [6.45, 7) is 2.15. The van der Waals surface area contributed by atoms with E-state index in [1.165, 1.54) is 7.11 Å². The molecular weight excluding hydrogens is 388 g/mol. The lowest BCUT2D eigenvalue weighted by Gasteiger charge is -2.10. The van der Waals surface area contributed by atoms with Crippen molar-refractivity contribution >= 4 is 11.5 Å². The Hall–Kier alpha value is -3.97. The second kappa shape index (κ2) is 11.3. The van der Waals surface area contributed by atoms with Crippen molar-refractivity contribution in [3.05, 3.63) is 102 Å². The zero-order valence-electron chi connectivity index (χ0n) is 17.6. The zero-order chi connectivity index (χ0) is 21.9. The van der Waals surface area contributed by atoms with Crippen molar-refractivity contribution in [2.75, 3.05) is 20.3 Å². The second-order valence-corrected chi connectivity index (χ2v) is 6.70. The van der Waals surface area contributed by atoms with Crippen molar-refractivity contribution in [3.8, 4) is 23.3 Å². The maximum atomic E-state index is 11.2. The van der Waals surface area contributed by atoms with Crippen LogP contribution in [-0.2, 0) is 9.53 Å². The Balaban J connectivity index is 1.70. The van der Waals surface area contributed by atoms with Gasteiger partial charge >= 0.3 is 5.97 Å². The molecule has 0 aromatic heterocycles. The Kier molecular flexibility index (Phi) is 7.90. The van der Waals surface area contributed by atoms with Crippen molar-refractivity contribution in [1.82, 2.24) is 0 Å². The molecule has 3 aromatic carbocycles. The number of aryl methyl sites for hydroxylation is 1. The highest BCUT2D eigenvalue weighted by atomic mass is 16.6. The normalized spacial score (nSPS) is 10.6. The molecule has 31 heavy (non-hydrogen) atoms. The fourth-order valence-electron chi connectivity index (χ4n) is 2.81. The molecule has 0 aliphatic carbocycles. The largest absolute Gasteiger partial charge is 0.489 e. The molecule has 0 aliphatic rings. The maximum absolute atomic E-state index is 11.2. The lowest BCUT2D eigenvalue weighted by Crippen LogP contribution is -2.13. The third-order valence-corrected chi connectivity index (χ3v) is 4.46. The molecule has 0 unspecified atom stereocenters. The van der Waals surface area contributed by atoms with Crippen LogP contribution in [0.3, 0.4) is 0 Å². The van der Waals surface area contributed by atoms with Gasteiger partial charge in [0.05, 0.1) is 7.11 Å². The molecule has 0 atom stereocenters. The summed E-state index contributed by atoms with van der Waals surface area (Å²) in [5.74, 6) is 7.37. The van der Waals surface area contributed by atoms with Gasteiger partial charge in [0.1, 0.15) is 18.1 Å². The predicted octanol–water partition coefficient (Wildman–Crippen LogP) is 5.06. The Morgan fingerprint density at radius 2 is 1.65 bits per heavy atom. The molecule has 0 spiro atoms. The van der Waals surface area contributed by atoms with Gasteiger partial charge in [-0.05, 0) is 54.5 Å². The first-order chi connectivity index (χ1) is 15.2. The Morgan fingerprint density at radius 3 is 2.32 bits per heavy atom. The number of hydrogen-bond acceptors (Lipinski definition) is 4. The van der Waals surface area contributed by atoms with Crippen LogP contribution in [0.2, 0.25) is 0 Å². The van der Waals surface area contributed by atoms with Crippen molar-refractivity contribution in [3.63, 3.8) is 0 Å². The van der Waals surface area contributed by atoms with E-state index in [2.05, 4.69) is 16.6 Å². The maximum Gasteiger partial charge on any atom is 0.343 e. The molecular formula is C27H24O4. The number of ether oxygens (including phenoxy) is 3. The number of carbonyl (C=O) groups is 1. The van der Waals surface area contributed by atoms with Gasteiger partial charge in [-0.1, -0.05) is 60.4 Å². The van der Waals surface area contributed by atoms with Gasteiger partial charge in [0.15, 0.2) is 6.61 Å². The summed E-state index contributed by atoms with van der Waals surface area (Å²) >= 11 is 0. The van der Waals surface area contributed by atoms with Gasteiger partial charge in [-0.15, -0.1) is 0 Å². The molecule has 0 N–H and O–H groups in total. The van der Waals surface area contributed by atoms with E-state index in [4.69, 9.17) is 9.47 Å². The number of esters is 1. The van der Waals surface area contributed by atoms with Crippen LogP contribution >= 0.6 is 0 Å². The average Bonchev–Trinajstić information content (AvgIpc) is 2.81.